The molecule has 3 heterocycles. The Labute approximate surface area is 155 Å². The summed E-state index contributed by atoms with van der Waals surface area (Å²) in [7, 11) is 0. The molecule has 1 aromatic carbocycles. The van der Waals surface area contributed by atoms with Gasteiger partial charge in [0.2, 0.25) is 11.8 Å². The Morgan fingerprint density at radius 2 is 2.11 bits per heavy atom. The van der Waals surface area contributed by atoms with E-state index in [0.717, 1.165) is 31.5 Å². The Balaban J connectivity index is 1.28. The van der Waals surface area contributed by atoms with Crippen LogP contribution in [0.3, 0.4) is 0 Å². The highest BCUT2D eigenvalue weighted by Gasteiger charge is 2.26. The standard InChI is InChI=1S/C19H19FN4O3/c20-15-2-1-3-16(10-15)21-17(25)11-24-7-4-13(5-8-24)18-22-23-19(27-18)14-6-9-26-12-14/h1-3,6,9-10,12-13H,4-5,7-8,11H2,(H,21,25). The number of anilines is 1. The van der Waals surface area contributed by atoms with Crippen LogP contribution < -0.4 is 5.32 Å². The molecule has 1 aliphatic heterocycles. The van der Waals surface area contributed by atoms with E-state index in [1.165, 1.54) is 12.1 Å². The van der Waals surface area contributed by atoms with Gasteiger partial charge in [-0.05, 0) is 50.2 Å². The number of amides is 1. The van der Waals surface area contributed by atoms with Crippen molar-refractivity contribution in [3.05, 3.63) is 54.6 Å². The summed E-state index contributed by atoms with van der Waals surface area (Å²) in [5.74, 6) is 0.730. The molecule has 1 saturated heterocycles. The minimum Gasteiger partial charge on any atom is -0.472 e. The number of piperidine rings is 1. The fourth-order valence-corrected chi connectivity index (χ4v) is 3.21. The van der Waals surface area contributed by atoms with E-state index in [0.29, 0.717) is 17.5 Å². The van der Waals surface area contributed by atoms with E-state index in [2.05, 4.69) is 20.4 Å². The molecule has 7 nitrogen and oxygen atoms in total. The fourth-order valence-electron chi connectivity index (χ4n) is 3.21. The van der Waals surface area contributed by atoms with Crippen LogP contribution >= 0.6 is 0 Å². The number of hydrogen-bond acceptors (Lipinski definition) is 6. The first-order valence-electron chi connectivity index (χ1n) is 8.81. The van der Waals surface area contributed by atoms with Crippen molar-refractivity contribution in [3.8, 4) is 11.5 Å². The van der Waals surface area contributed by atoms with E-state index in [9.17, 15) is 9.18 Å². The van der Waals surface area contributed by atoms with Gasteiger partial charge < -0.3 is 14.2 Å². The van der Waals surface area contributed by atoms with E-state index in [4.69, 9.17) is 8.83 Å². The number of furan rings is 1. The molecule has 0 radical (unpaired) electrons. The van der Waals surface area contributed by atoms with Crippen LogP contribution in [0.15, 0.2) is 51.7 Å². The van der Waals surface area contributed by atoms with Crippen molar-refractivity contribution >= 4 is 11.6 Å². The minimum absolute atomic E-state index is 0.154. The van der Waals surface area contributed by atoms with E-state index in [1.807, 2.05) is 0 Å². The number of benzene rings is 1. The van der Waals surface area contributed by atoms with Crippen LogP contribution in [0.25, 0.3) is 11.5 Å². The van der Waals surface area contributed by atoms with Crippen LogP contribution in [-0.4, -0.2) is 40.6 Å². The van der Waals surface area contributed by atoms with E-state index in [-0.39, 0.29) is 24.2 Å². The average Bonchev–Trinajstić information content (AvgIpc) is 3.34. The molecule has 1 amide bonds. The molecule has 3 aromatic rings. The molecule has 0 saturated carbocycles. The molecule has 8 heteroatoms. The molecule has 0 unspecified atom stereocenters. The maximum atomic E-state index is 13.2. The summed E-state index contributed by atoms with van der Waals surface area (Å²) in [6.45, 7) is 1.78. The summed E-state index contributed by atoms with van der Waals surface area (Å²) in [6.07, 6.45) is 4.80. The lowest BCUT2D eigenvalue weighted by Crippen LogP contribution is -2.38. The Hall–Kier alpha value is -3.00. The highest BCUT2D eigenvalue weighted by molar-refractivity contribution is 5.92. The smallest absolute Gasteiger partial charge is 0.250 e. The molecular formula is C19H19FN4O3. The minimum atomic E-state index is -0.372. The number of hydrogen-bond donors (Lipinski definition) is 1. The van der Waals surface area contributed by atoms with Gasteiger partial charge in [0, 0.05) is 11.6 Å². The Morgan fingerprint density at radius 1 is 1.26 bits per heavy atom. The van der Waals surface area contributed by atoms with Crippen molar-refractivity contribution in [2.45, 2.75) is 18.8 Å². The number of carbonyl (C=O) groups excluding carboxylic acids is 1. The van der Waals surface area contributed by atoms with Crippen molar-refractivity contribution in [3.63, 3.8) is 0 Å². The number of carbonyl (C=O) groups is 1. The van der Waals surface area contributed by atoms with Gasteiger partial charge in [-0.3, -0.25) is 9.69 Å². The molecule has 27 heavy (non-hydrogen) atoms. The number of likely N-dealkylation sites (tertiary alicyclic amines) is 1. The highest BCUT2D eigenvalue weighted by atomic mass is 19.1. The number of aromatic nitrogens is 2. The quantitative estimate of drug-likeness (QED) is 0.742. The highest BCUT2D eigenvalue weighted by Crippen LogP contribution is 2.29. The number of halogens is 1. The van der Waals surface area contributed by atoms with Crippen molar-refractivity contribution in [1.82, 2.24) is 15.1 Å². The average molecular weight is 370 g/mol. The van der Waals surface area contributed by atoms with Crippen LogP contribution in [-0.2, 0) is 4.79 Å². The molecular weight excluding hydrogens is 351 g/mol. The predicted octanol–water partition coefficient (Wildman–Crippen LogP) is 3.29. The van der Waals surface area contributed by atoms with E-state index in [1.54, 1.807) is 30.7 Å². The third kappa shape index (κ3) is 4.22. The van der Waals surface area contributed by atoms with Gasteiger partial charge in [-0.25, -0.2) is 4.39 Å². The van der Waals surface area contributed by atoms with Gasteiger partial charge in [0.1, 0.15) is 12.1 Å². The van der Waals surface area contributed by atoms with Gasteiger partial charge >= 0.3 is 0 Å². The second kappa shape index (κ2) is 7.71. The SMILES string of the molecule is O=C(CN1CCC(c2nnc(-c3ccoc3)o2)CC1)Nc1cccc(F)c1. The van der Waals surface area contributed by atoms with E-state index >= 15 is 0 Å². The summed E-state index contributed by atoms with van der Waals surface area (Å²) in [5.41, 5.74) is 1.23. The van der Waals surface area contributed by atoms with Gasteiger partial charge in [0.15, 0.2) is 0 Å². The van der Waals surface area contributed by atoms with E-state index < -0.39 is 0 Å². The zero-order valence-corrected chi connectivity index (χ0v) is 14.6. The van der Waals surface area contributed by atoms with Crippen LogP contribution in [0, 0.1) is 5.82 Å². The molecule has 2 aromatic heterocycles. The summed E-state index contributed by atoms with van der Waals surface area (Å²) in [4.78, 5) is 14.2. The Kier molecular flexibility index (Phi) is 4.97. The lowest BCUT2D eigenvalue weighted by Gasteiger charge is -2.29. The van der Waals surface area contributed by atoms with Gasteiger partial charge in [-0.15, -0.1) is 10.2 Å². The van der Waals surface area contributed by atoms with Crippen molar-refractivity contribution < 1.29 is 18.0 Å². The number of rotatable bonds is 5. The molecule has 140 valence electrons. The largest absolute Gasteiger partial charge is 0.472 e. The molecule has 0 atom stereocenters. The van der Waals surface area contributed by atoms with Gasteiger partial charge in [-0.2, -0.15) is 0 Å². The zero-order chi connectivity index (χ0) is 18.6. The Bertz CT molecular complexity index is 901. The molecule has 1 N–H and O–H groups in total. The summed E-state index contributed by atoms with van der Waals surface area (Å²) in [5, 5.41) is 10.9. The fraction of sp³-hybridized carbons (Fsp3) is 0.316. The number of nitrogens with one attached hydrogen (secondary N) is 1. The third-order valence-corrected chi connectivity index (χ3v) is 4.62. The summed E-state index contributed by atoms with van der Waals surface area (Å²) >= 11 is 0. The van der Waals surface area contributed by atoms with Crippen LogP contribution in [0.4, 0.5) is 10.1 Å². The third-order valence-electron chi connectivity index (χ3n) is 4.62. The molecule has 0 spiro atoms. The Morgan fingerprint density at radius 3 is 2.85 bits per heavy atom. The van der Waals surface area contributed by atoms with Crippen LogP contribution in [0.1, 0.15) is 24.7 Å². The van der Waals surface area contributed by atoms with Crippen LogP contribution in [0.2, 0.25) is 0 Å². The monoisotopic (exact) mass is 370 g/mol. The molecule has 1 fully saturated rings. The zero-order valence-electron chi connectivity index (χ0n) is 14.6. The van der Waals surface area contributed by atoms with Crippen molar-refractivity contribution in [2.24, 2.45) is 0 Å². The lowest BCUT2D eigenvalue weighted by atomic mass is 9.97. The first kappa shape index (κ1) is 17.4. The van der Waals surface area contributed by atoms with Gasteiger partial charge in [0.05, 0.1) is 18.4 Å². The maximum absolute atomic E-state index is 13.2. The normalized spacial score (nSPS) is 15.7. The van der Waals surface area contributed by atoms with Gasteiger partial charge in [0.25, 0.3) is 5.89 Å². The topological polar surface area (TPSA) is 84.4 Å². The molecule has 4 rings (SSSR count). The second-order valence-corrected chi connectivity index (χ2v) is 6.57. The van der Waals surface area contributed by atoms with Crippen molar-refractivity contribution in [2.75, 3.05) is 25.0 Å². The number of nitrogens with zero attached hydrogens (tertiary/aromatic N) is 3. The van der Waals surface area contributed by atoms with Crippen LogP contribution in [0.5, 0.6) is 0 Å². The molecule has 1 aliphatic rings. The van der Waals surface area contributed by atoms with Gasteiger partial charge in [-0.1, -0.05) is 6.07 Å². The first-order chi connectivity index (χ1) is 13.2. The summed E-state index contributed by atoms with van der Waals surface area (Å²) < 4.78 is 24.0. The first-order valence-corrected chi connectivity index (χ1v) is 8.81. The molecule has 0 bridgehead atoms. The second-order valence-electron chi connectivity index (χ2n) is 6.57. The summed E-state index contributed by atoms with van der Waals surface area (Å²) in [6, 6.07) is 7.66. The predicted molar refractivity (Wildman–Crippen MR) is 95.4 cm³/mol. The van der Waals surface area contributed by atoms with Crippen molar-refractivity contribution in [1.29, 1.82) is 0 Å². The lowest BCUT2D eigenvalue weighted by molar-refractivity contribution is -0.117. The molecule has 0 aliphatic carbocycles. The maximum Gasteiger partial charge on any atom is 0.250 e.